The average molecular weight is 426 g/mol. The summed E-state index contributed by atoms with van der Waals surface area (Å²) >= 11 is 1.33. The van der Waals surface area contributed by atoms with Crippen LogP contribution in [-0.4, -0.2) is 35.6 Å². The predicted molar refractivity (Wildman–Crippen MR) is 120 cm³/mol. The highest BCUT2D eigenvalue weighted by molar-refractivity contribution is 8.00. The third-order valence-corrected chi connectivity index (χ3v) is 5.67. The minimum absolute atomic E-state index is 0.0732. The van der Waals surface area contributed by atoms with Gasteiger partial charge in [0.15, 0.2) is 0 Å². The van der Waals surface area contributed by atoms with Crippen molar-refractivity contribution < 1.29 is 14.4 Å². The van der Waals surface area contributed by atoms with Gasteiger partial charge < -0.3 is 16.0 Å². The van der Waals surface area contributed by atoms with E-state index in [-0.39, 0.29) is 35.6 Å². The van der Waals surface area contributed by atoms with Gasteiger partial charge in [-0.05, 0) is 63.4 Å². The first-order chi connectivity index (χ1) is 14.3. The number of anilines is 1. The zero-order chi connectivity index (χ0) is 21.7. The maximum Gasteiger partial charge on any atom is 0.256 e. The largest absolute Gasteiger partial charge is 0.353 e. The van der Waals surface area contributed by atoms with E-state index in [1.54, 1.807) is 24.3 Å². The van der Waals surface area contributed by atoms with Gasteiger partial charge in [-0.25, -0.2) is 0 Å². The maximum absolute atomic E-state index is 13.0. The van der Waals surface area contributed by atoms with Crippen LogP contribution in [0, 0.1) is 6.92 Å². The Morgan fingerprint density at radius 1 is 1.07 bits per heavy atom. The summed E-state index contributed by atoms with van der Waals surface area (Å²) in [6.45, 7) is 5.70. The molecule has 0 bridgehead atoms. The highest BCUT2D eigenvalue weighted by atomic mass is 32.2. The lowest BCUT2D eigenvalue weighted by molar-refractivity contribution is -0.119. The predicted octanol–water partition coefficient (Wildman–Crippen LogP) is 3.76. The Hall–Kier alpha value is -2.80. The van der Waals surface area contributed by atoms with Crippen molar-refractivity contribution in [2.24, 2.45) is 0 Å². The summed E-state index contributed by atoms with van der Waals surface area (Å²) in [7, 11) is 0. The van der Waals surface area contributed by atoms with Crippen LogP contribution in [0.5, 0.6) is 0 Å². The molecule has 0 atom stereocenters. The van der Waals surface area contributed by atoms with Crippen LogP contribution in [0.2, 0.25) is 0 Å². The fourth-order valence-corrected chi connectivity index (χ4v) is 3.73. The van der Waals surface area contributed by atoms with Crippen molar-refractivity contribution in [1.29, 1.82) is 0 Å². The van der Waals surface area contributed by atoms with Gasteiger partial charge in [0.25, 0.3) is 11.8 Å². The zero-order valence-corrected chi connectivity index (χ0v) is 18.3. The first kappa shape index (κ1) is 21.9. The molecular formula is C23H27N3O3S. The average Bonchev–Trinajstić information content (AvgIpc) is 3.51. The van der Waals surface area contributed by atoms with Crippen molar-refractivity contribution in [2.45, 2.75) is 50.6 Å². The molecule has 0 aliphatic heterocycles. The summed E-state index contributed by atoms with van der Waals surface area (Å²) < 4.78 is 0. The van der Waals surface area contributed by atoms with Crippen LogP contribution in [-0.2, 0) is 4.79 Å². The van der Waals surface area contributed by atoms with Gasteiger partial charge >= 0.3 is 0 Å². The molecule has 158 valence electrons. The molecule has 1 saturated carbocycles. The first-order valence-corrected chi connectivity index (χ1v) is 11.1. The first-order valence-electron chi connectivity index (χ1n) is 10.1. The second-order valence-corrected chi connectivity index (χ2v) is 8.76. The van der Waals surface area contributed by atoms with Gasteiger partial charge in [0.1, 0.15) is 0 Å². The van der Waals surface area contributed by atoms with Crippen LogP contribution in [0.15, 0.2) is 47.4 Å². The number of carbonyl (C=O) groups is 3. The van der Waals surface area contributed by atoms with Crippen LogP contribution < -0.4 is 16.0 Å². The molecule has 0 heterocycles. The third-order valence-electron chi connectivity index (χ3n) is 4.60. The molecular weight excluding hydrogens is 398 g/mol. The van der Waals surface area contributed by atoms with Gasteiger partial charge in [-0.1, -0.05) is 18.2 Å². The minimum Gasteiger partial charge on any atom is -0.353 e. The number of hydrogen-bond acceptors (Lipinski definition) is 4. The summed E-state index contributed by atoms with van der Waals surface area (Å²) in [5.41, 5.74) is 2.48. The van der Waals surface area contributed by atoms with Gasteiger partial charge in [-0.3, -0.25) is 14.4 Å². The molecule has 1 aliphatic carbocycles. The fourth-order valence-electron chi connectivity index (χ4n) is 2.87. The molecule has 3 N–H and O–H groups in total. The van der Waals surface area contributed by atoms with Crippen LogP contribution in [0.1, 0.15) is 53.0 Å². The second kappa shape index (κ2) is 9.80. The summed E-state index contributed by atoms with van der Waals surface area (Å²) in [6, 6.07) is 12.8. The maximum atomic E-state index is 13.0. The van der Waals surface area contributed by atoms with Crippen LogP contribution in [0.3, 0.4) is 0 Å². The monoisotopic (exact) mass is 425 g/mol. The standard InChI is InChI=1S/C23H27N3O3S/c1-14(2)24-21(27)13-30-20-7-5-4-6-18(20)23(29)26-19-12-16(9-8-15(19)3)22(28)25-17-10-11-17/h4-9,12,14,17H,10-11,13H2,1-3H3,(H,24,27)(H,25,28)(H,26,29). The summed E-state index contributed by atoms with van der Waals surface area (Å²) in [6.07, 6.45) is 2.04. The lowest BCUT2D eigenvalue weighted by Gasteiger charge is -2.13. The quantitative estimate of drug-likeness (QED) is 0.562. The van der Waals surface area contributed by atoms with E-state index in [1.807, 2.05) is 39.0 Å². The van der Waals surface area contributed by atoms with E-state index in [9.17, 15) is 14.4 Å². The number of benzene rings is 2. The number of nitrogens with one attached hydrogen (secondary N) is 3. The lowest BCUT2D eigenvalue weighted by atomic mass is 10.1. The van der Waals surface area contributed by atoms with E-state index in [1.165, 1.54) is 11.8 Å². The molecule has 3 rings (SSSR count). The van der Waals surface area contributed by atoms with E-state index < -0.39 is 0 Å². The van der Waals surface area contributed by atoms with Crippen molar-refractivity contribution >= 4 is 35.2 Å². The van der Waals surface area contributed by atoms with Gasteiger partial charge in [-0.15, -0.1) is 11.8 Å². The molecule has 7 heteroatoms. The minimum atomic E-state index is -0.273. The number of hydrogen-bond donors (Lipinski definition) is 3. The Labute approximate surface area is 181 Å². The van der Waals surface area contributed by atoms with Crippen molar-refractivity contribution in [3.8, 4) is 0 Å². The molecule has 1 aliphatic rings. The Kier molecular flexibility index (Phi) is 7.15. The van der Waals surface area contributed by atoms with Crippen molar-refractivity contribution in [2.75, 3.05) is 11.1 Å². The molecule has 30 heavy (non-hydrogen) atoms. The summed E-state index contributed by atoms with van der Waals surface area (Å²) in [5.74, 6) is -0.237. The van der Waals surface area contributed by atoms with Crippen LogP contribution >= 0.6 is 11.8 Å². The Balaban J connectivity index is 1.71. The molecule has 6 nitrogen and oxygen atoms in total. The third kappa shape index (κ3) is 6.10. The number of thioether (sulfide) groups is 1. The Morgan fingerprint density at radius 3 is 2.50 bits per heavy atom. The van der Waals surface area contributed by atoms with Gasteiger partial charge in [0, 0.05) is 28.2 Å². The second-order valence-electron chi connectivity index (χ2n) is 7.74. The SMILES string of the molecule is Cc1ccc(C(=O)NC2CC2)cc1NC(=O)c1ccccc1SCC(=O)NC(C)C. The highest BCUT2D eigenvalue weighted by Gasteiger charge is 2.24. The molecule has 1 fully saturated rings. The van der Waals surface area contributed by atoms with E-state index in [4.69, 9.17) is 0 Å². The molecule has 0 aromatic heterocycles. The van der Waals surface area contributed by atoms with E-state index in [0.717, 1.165) is 23.3 Å². The topological polar surface area (TPSA) is 87.3 Å². The fraction of sp³-hybridized carbons (Fsp3) is 0.348. The van der Waals surface area contributed by atoms with Gasteiger partial charge in [-0.2, -0.15) is 0 Å². The van der Waals surface area contributed by atoms with Crippen molar-refractivity contribution in [3.63, 3.8) is 0 Å². The van der Waals surface area contributed by atoms with E-state index >= 15 is 0 Å². The highest BCUT2D eigenvalue weighted by Crippen LogP contribution is 2.25. The Bertz CT molecular complexity index is 954. The molecule has 0 unspecified atom stereocenters. The number of amides is 3. The lowest BCUT2D eigenvalue weighted by Crippen LogP contribution is -2.31. The zero-order valence-electron chi connectivity index (χ0n) is 17.5. The molecule has 0 radical (unpaired) electrons. The van der Waals surface area contributed by atoms with E-state index in [0.29, 0.717) is 16.8 Å². The molecule has 0 saturated heterocycles. The van der Waals surface area contributed by atoms with Crippen molar-refractivity contribution in [1.82, 2.24) is 10.6 Å². The van der Waals surface area contributed by atoms with Crippen LogP contribution in [0.4, 0.5) is 5.69 Å². The molecule has 3 amide bonds. The number of rotatable bonds is 8. The number of carbonyl (C=O) groups excluding carboxylic acids is 3. The smallest absolute Gasteiger partial charge is 0.256 e. The van der Waals surface area contributed by atoms with Crippen LogP contribution in [0.25, 0.3) is 0 Å². The molecule has 0 spiro atoms. The van der Waals surface area contributed by atoms with Gasteiger partial charge in [0.05, 0.1) is 11.3 Å². The van der Waals surface area contributed by atoms with Crippen molar-refractivity contribution in [3.05, 3.63) is 59.2 Å². The molecule has 2 aromatic carbocycles. The van der Waals surface area contributed by atoms with E-state index in [2.05, 4.69) is 16.0 Å². The normalized spacial score (nSPS) is 13.1. The summed E-state index contributed by atoms with van der Waals surface area (Å²) in [4.78, 5) is 38.0. The number of aryl methyl sites for hydroxylation is 1. The van der Waals surface area contributed by atoms with Gasteiger partial charge in [0.2, 0.25) is 5.91 Å². The Morgan fingerprint density at radius 2 is 1.80 bits per heavy atom. The molecule has 2 aromatic rings. The summed E-state index contributed by atoms with van der Waals surface area (Å²) in [5, 5.41) is 8.72.